The Balaban J connectivity index is 2.15. The van der Waals surface area contributed by atoms with E-state index in [1.807, 2.05) is 39.1 Å². The fourth-order valence-electron chi connectivity index (χ4n) is 1.88. The van der Waals surface area contributed by atoms with Crippen molar-refractivity contribution < 1.29 is 4.79 Å². The molecule has 1 aromatic carbocycles. The van der Waals surface area contributed by atoms with Gasteiger partial charge in [-0.3, -0.25) is 9.89 Å². The number of hydrogen-bond donors (Lipinski definition) is 2. The second-order valence-electron chi connectivity index (χ2n) is 4.51. The number of aromatic amines is 1. The van der Waals surface area contributed by atoms with E-state index in [0.29, 0.717) is 16.2 Å². The molecule has 1 amide bonds. The van der Waals surface area contributed by atoms with E-state index >= 15 is 0 Å². The molecule has 6 heteroatoms. The number of carbonyl (C=O) groups is 1. The Hall–Kier alpha value is -1.95. The summed E-state index contributed by atoms with van der Waals surface area (Å²) < 4.78 is 2.28. The van der Waals surface area contributed by atoms with Gasteiger partial charge in [0.05, 0.1) is 6.04 Å². The van der Waals surface area contributed by atoms with Gasteiger partial charge >= 0.3 is 0 Å². The molecule has 100 valence electrons. The summed E-state index contributed by atoms with van der Waals surface area (Å²) in [5.41, 5.74) is 1.70. The van der Waals surface area contributed by atoms with Gasteiger partial charge < -0.3 is 9.88 Å². The van der Waals surface area contributed by atoms with Gasteiger partial charge in [-0.25, -0.2) is 0 Å². The molecule has 2 rings (SSSR count). The average molecular weight is 276 g/mol. The van der Waals surface area contributed by atoms with Crippen LogP contribution in [0.15, 0.2) is 24.3 Å². The van der Waals surface area contributed by atoms with Gasteiger partial charge in [0.1, 0.15) is 0 Å². The SMILES string of the molecule is Cc1cccc(C(=O)N[C@H](C)c2n[nH]c(=S)n2C)c1. The lowest BCUT2D eigenvalue weighted by atomic mass is 10.1. The van der Waals surface area contributed by atoms with Gasteiger partial charge in [-0.15, -0.1) is 0 Å². The van der Waals surface area contributed by atoms with Gasteiger partial charge in [-0.2, -0.15) is 5.10 Å². The van der Waals surface area contributed by atoms with Crippen LogP contribution >= 0.6 is 12.2 Å². The summed E-state index contributed by atoms with van der Waals surface area (Å²) in [7, 11) is 1.82. The third kappa shape index (κ3) is 2.90. The second-order valence-corrected chi connectivity index (χ2v) is 4.90. The number of rotatable bonds is 3. The van der Waals surface area contributed by atoms with Gasteiger partial charge in [0.15, 0.2) is 10.6 Å². The topological polar surface area (TPSA) is 62.7 Å². The zero-order valence-corrected chi connectivity index (χ0v) is 11.9. The Kier molecular flexibility index (Phi) is 3.80. The molecule has 0 fully saturated rings. The third-order valence-corrected chi connectivity index (χ3v) is 3.29. The number of amides is 1. The van der Waals surface area contributed by atoms with Crippen LogP contribution in [-0.2, 0) is 7.05 Å². The van der Waals surface area contributed by atoms with Crippen molar-refractivity contribution in [3.8, 4) is 0 Å². The van der Waals surface area contributed by atoms with Crippen molar-refractivity contribution in [1.82, 2.24) is 20.1 Å². The highest BCUT2D eigenvalue weighted by Crippen LogP contribution is 2.10. The summed E-state index contributed by atoms with van der Waals surface area (Å²) in [6.07, 6.45) is 0. The molecule has 0 saturated heterocycles. The van der Waals surface area contributed by atoms with E-state index < -0.39 is 0 Å². The molecule has 0 aliphatic rings. The van der Waals surface area contributed by atoms with Crippen molar-refractivity contribution >= 4 is 18.1 Å². The highest BCUT2D eigenvalue weighted by Gasteiger charge is 2.15. The Morgan fingerprint density at radius 2 is 2.26 bits per heavy atom. The quantitative estimate of drug-likeness (QED) is 0.845. The van der Waals surface area contributed by atoms with Crippen LogP contribution in [-0.4, -0.2) is 20.7 Å². The van der Waals surface area contributed by atoms with Gasteiger partial charge in [0, 0.05) is 12.6 Å². The highest BCUT2D eigenvalue weighted by molar-refractivity contribution is 7.71. The molecule has 0 radical (unpaired) electrons. The Bertz CT molecular complexity index is 659. The van der Waals surface area contributed by atoms with Gasteiger partial charge in [-0.05, 0) is 38.2 Å². The monoisotopic (exact) mass is 276 g/mol. The number of benzene rings is 1. The first-order valence-electron chi connectivity index (χ1n) is 5.98. The number of aryl methyl sites for hydroxylation is 1. The van der Waals surface area contributed by atoms with E-state index in [1.165, 1.54) is 0 Å². The third-order valence-electron chi connectivity index (χ3n) is 2.93. The lowest BCUT2D eigenvalue weighted by molar-refractivity contribution is 0.0937. The maximum atomic E-state index is 12.1. The maximum absolute atomic E-state index is 12.1. The fourth-order valence-corrected chi connectivity index (χ4v) is 2.02. The number of carbonyl (C=O) groups excluding carboxylic acids is 1. The van der Waals surface area contributed by atoms with Crippen molar-refractivity contribution in [2.24, 2.45) is 7.05 Å². The first-order valence-corrected chi connectivity index (χ1v) is 6.38. The largest absolute Gasteiger partial charge is 0.342 e. The van der Waals surface area contributed by atoms with Crippen LogP contribution in [0.3, 0.4) is 0 Å². The normalized spacial score (nSPS) is 12.2. The molecular weight excluding hydrogens is 260 g/mol. The maximum Gasteiger partial charge on any atom is 0.251 e. The molecule has 1 heterocycles. The van der Waals surface area contributed by atoms with E-state index in [9.17, 15) is 4.79 Å². The fraction of sp³-hybridized carbons (Fsp3) is 0.308. The van der Waals surface area contributed by atoms with Crippen molar-refractivity contribution in [1.29, 1.82) is 0 Å². The Labute approximate surface area is 116 Å². The zero-order valence-electron chi connectivity index (χ0n) is 11.1. The molecule has 0 bridgehead atoms. The number of aromatic nitrogens is 3. The molecule has 19 heavy (non-hydrogen) atoms. The van der Waals surface area contributed by atoms with Crippen LogP contribution in [0.1, 0.15) is 34.7 Å². The van der Waals surface area contributed by atoms with E-state index in [0.717, 1.165) is 5.56 Å². The highest BCUT2D eigenvalue weighted by atomic mass is 32.1. The number of H-pyrrole nitrogens is 1. The predicted molar refractivity (Wildman–Crippen MR) is 75.5 cm³/mol. The second kappa shape index (κ2) is 5.36. The molecular formula is C13H16N4OS. The molecule has 0 aliphatic carbocycles. The molecule has 1 aromatic heterocycles. The van der Waals surface area contributed by atoms with E-state index in [-0.39, 0.29) is 11.9 Å². The van der Waals surface area contributed by atoms with Gasteiger partial charge in [0.25, 0.3) is 5.91 Å². The Morgan fingerprint density at radius 1 is 1.53 bits per heavy atom. The molecule has 1 atom stereocenters. The number of nitrogens with one attached hydrogen (secondary N) is 2. The lowest BCUT2D eigenvalue weighted by Gasteiger charge is -2.13. The minimum Gasteiger partial charge on any atom is -0.342 e. The van der Waals surface area contributed by atoms with Gasteiger partial charge in [-0.1, -0.05) is 17.7 Å². The molecule has 2 N–H and O–H groups in total. The summed E-state index contributed by atoms with van der Waals surface area (Å²) in [5.74, 6) is 0.580. The van der Waals surface area contributed by atoms with Crippen molar-refractivity contribution in [3.63, 3.8) is 0 Å². The van der Waals surface area contributed by atoms with E-state index in [2.05, 4.69) is 15.5 Å². The van der Waals surface area contributed by atoms with Crippen LogP contribution in [0.5, 0.6) is 0 Å². The molecule has 5 nitrogen and oxygen atoms in total. The lowest BCUT2D eigenvalue weighted by Crippen LogP contribution is -2.28. The Morgan fingerprint density at radius 3 is 2.84 bits per heavy atom. The van der Waals surface area contributed by atoms with Crippen LogP contribution in [0.25, 0.3) is 0 Å². The van der Waals surface area contributed by atoms with Crippen molar-refractivity contribution in [2.75, 3.05) is 0 Å². The van der Waals surface area contributed by atoms with Crippen molar-refractivity contribution in [3.05, 3.63) is 46.0 Å². The average Bonchev–Trinajstić information content (AvgIpc) is 2.70. The van der Waals surface area contributed by atoms with E-state index in [4.69, 9.17) is 12.2 Å². The molecule has 0 unspecified atom stereocenters. The first-order chi connectivity index (χ1) is 8.99. The molecule has 2 aromatic rings. The molecule has 0 spiro atoms. The summed E-state index contributed by atoms with van der Waals surface area (Å²) >= 11 is 5.05. The first kappa shape index (κ1) is 13.5. The van der Waals surface area contributed by atoms with Crippen molar-refractivity contribution in [2.45, 2.75) is 19.9 Å². The van der Waals surface area contributed by atoms with Crippen LogP contribution in [0.4, 0.5) is 0 Å². The van der Waals surface area contributed by atoms with Gasteiger partial charge in [0.2, 0.25) is 0 Å². The standard InChI is InChI=1S/C13H16N4OS/c1-8-5-4-6-10(7-8)12(18)14-9(2)11-15-16-13(19)17(11)3/h4-7,9H,1-3H3,(H,14,18)(H,16,19)/t9-/m1/s1. The van der Waals surface area contributed by atoms with Crippen LogP contribution < -0.4 is 5.32 Å². The van der Waals surface area contributed by atoms with Crippen LogP contribution in [0, 0.1) is 11.7 Å². The smallest absolute Gasteiger partial charge is 0.251 e. The minimum absolute atomic E-state index is 0.120. The summed E-state index contributed by atoms with van der Waals surface area (Å²) in [5, 5.41) is 9.72. The summed E-state index contributed by atoms with van der Waals surface area (Å²) in [4.78, 5) is 12.1. The van der Waals surface area contributed by atoms with E-state index in [1.54, 1.807) is 10.6 Å². The minimum atomic E-state index is -0.217. The number of nitrogens with zero attached hydrogens (tertiary/aromatic N) is 2. The predicted octanol–water partition coefficient (Wildman–Crippen LogP) is 2.28. The number of hydrogen-bond acceptors (Lipinski definition) is 3. The zero-order chi connectivity index (χ0) is 14.0. The van der Waals surface area contributed by atoms with Crippen LogP contribution in [0.2, 0.25) is 0 Å². The summed E-state index contributed by atoms with van der Waals surface area (Å²) in [6.45, 7) is 3.83. The molecule has 0 aliphatic heterocycles. The summed E-state index contributed by atoms with van der Waals surface area (Å²) in [6, 6.07) is 7.25. The molecule has 0 saturated carbocycles.